The Morgan fingerprint density at radius 1 is 1.17 bits per heavy atom. The summed E-state index contributed by atoms with van der Waals surface area (Å²) in [6.45, 7) is 6.79. The maximum absolute atomic E-state index is 12.5. The third-order valence-corrected chi connectivity index (χ3v) is 6.05. The van der Waals surface area contributed by atoms with Crippen LogP contribution in [0.15, 0.2) is 24.3 Å². The molecule has 8 heteroatoms. The lowest BCUT2D eigenvalue weighted by Crippen LogP contribution is -2.52. The second-order valence-corrected chi connectivity index (χ2v) is 8.15. The van der Waals surface area contributed by atoms with E-state index in [2.05, 4.69) is 15.5 Å². The first-order valence-electron chi connectivity index (χ1n) is 11.1. The van der Waals surface area contributed by atoms with E-state index in [1.54, 1.807) is 0 Å². The molecule has 4 rings (SSSR count). The van der Waals surface area contributed by atoms with Crippen molar-refractivity contribution in [3.63, 3.8) is 0 Å². The number of anilines is 1. The van der Waals surface area contributed by atoms with Crippen molar-refractivity contribution in [1.29, 1.82) is 0 Å². The summed E-state index contributed by atoms with van der Waals surface area (Å²) in [7, 11) is 0. The van der Waals surface area contributed by atoms with Crippen LogP contribution in [-0.4, -0.2) is 82.4 Å². The van der Waals surface area contributed by atoms with Crippen LogP contribution >= 0.6 is 0 Å². The first kappa shape index (κ1) is 21.4. The summed E-state index contributed by atoms with van der Waals surface area (Å²) in [5.74, 6) is 1.18. The predicted molar refractivity (Wildman–Crippen MR) is 113 cm³/mol. The Hall–Kier alpha value is -1.87. The summed E-state index contributed by atoms with van der Waals surface area (Å²) in [6, 6.07) is 7.55. The number of rotatable bonds is 8. The van der Waals surface area contributed by atoms with Crippen LogP contribution in [0.25, 0.3) is 0 Å². The van der Waals surface area contributed by atoms with Crippen LogP contribution in [0.3, 0.4) is 0 Å². The maximum Gasteiger partial charge on any atom is 0.319 e. The van der Waals surface area contributed by atoms with Gasteiger partial charge in [-0.15, -0.1) is 0 Å². The largest absolute Gasteiger partial charge is 0.491 e. The molecule has 2 N–H and O–H groups in total. The van der Waals surface area contributed by atoms with Gasteiger partial charge in [-0.3, -0.25) is 4.90 Å². The molecule has 0 spiro atoms. The van der Waals surface area contributed by atoms with Crippen molar-refractivity contribution in [1.82, 2.24) is 10.2 Å². The van der Waals surface area contributed by atoms with Crippen molar-refractivity contribution in [2.24, 2.45) is 5.92 Å². The highest BCUT2D eigenvalue weighted by Gasteiger charge is 2.31. The van der Waals surface area contributed by atoms with Crippen LogP contribution < -0.4 is 15.4 Å². The molecular weight excluding hydrogens is 386 g/mol. The summed E-state index contributed by atoms with van der Waals surface area (Å²) in [5, 5.41) is 5.98. The van der Waals surface area contributed by atoms with Crippen LogP contribution in [-0.2, 0) is 14.2 Å². The number of nitrogens with one attached hydrogen (secondary N) is 2. The second kappa shape index (κ2) is 10.9. The average molecular weight is 420 g/mol. The second-order valence-electron chi connectivity index (χ2n) is 8.15. The molecule has 1 aromatic rings. The molecule has 3 fully saturated rings. The van der Waals surface area contributed by atoms with Gasteiger partial charge in [0, 0.05) is 56.6 Å². The van der Waals surface area contributed by atoms with Gasteiger partial charge in [0.1, 0.15) is 12.4 Å². The third kappa shape index (κ3) is 6.07. The Labute approximate surface area is 178 Å². The number of carbonyl (C=O) groups is 1. The minimum atomic E-state index is -0.205. The summed E-state index contributed by atoms with van der Waals surface area (Å²) in [4.78, 5) is 15.0. The lowest BCUT2D eigenvalue weighted by atomic mass is 9.97. The summed E-state index contributed by atoms with van der Waals surface area (Å²) < 4.78 is 22.5. The number of benzene rings is 1. The molecule has 0 unspecified atom stereocenters. The number of ether oxygens (including phenoxy) is 4. The Morgan fingerprint density at radius 3 is 2.83 bits per heavy atom. The molecule has 166 valence electrons. The fraction of sp³-hybridized carbons (Fsp3) is 0.682. The van der Waals surface area contributed by atoms with E-state index in [9.17, 15) is 4.79 Å². The van der Waals surface area contributed by atoms with Crippen molar-refractivity contribution in [2.45, 2.75) is 31.4 Å². The van der Waals surface area contributed by atoms with Crippen molar-refractivity contribution in [3.8, 4) is 5.75 Å². The molecule has 1 aromatic carbocycles. The van der Waals surface area contributed by atoms with Crippen LogP contribution in [0, 0.1) is 5.92 Å². The van der Waals surface area contributed by atoms with E-state index >= 15 is 0 Å². The van der Waals surface area contributed by atoms with E-state index in [1.807, 2.05) is 24.3 Å². The Kier molecular flexibility index (Phi) is 7.80. The zero-order valence-corrected chi connectivity index (χ0v) is 17.5. The van der Waals surface area contributed by atoms with Gasteiger partial charge in [-0.1, -0.05) is 6.07 Å². The smallest absolute Gasteiger partial charge is 0.319 e. The molecule has 3 aliphatic rings. The fourth-order valence-corrected chi connectivity index (χ4v) is 4.36. The van der Waals surface area contributed by atoms with E-state index in [-0.39, 0.29) is 18.2 Å². The highest BCUT2D eigenvalue weighted by molar-refractivity contribution is 5.89. The van der Waals surface area contributed by atoms with Crippen LogP contribution in [0.5, 0.6) is 5.75 Å². The maximum atomic E-state index is 12.5. The van der Waals surface area contributed by atoms with Crippen LogP contribution in [0.4, 0.5) is 10.5 Å². The third-order valence-electron chi connectivity index (χ3n) is 6.05. The number of morpholine rings is 1. The average Bonchev–Trinajstić information content (AvgIpc) is 3.48. The highest BCUT2D eigenvalue weighted by Crippen LogP contribution is 2.22. The number of urea groups is 1. The van der Waals surface area contributed by atoms with E-state index in [4.69, 9.17) is 18.9 Å². The number of hydrogen-bond donors (Lipinski definition) is 2. The zero-order chi connectivity index (χ0) is 20.6. The summed E-state index contributed by atoms with van der Waals surface area (Å²) in [6.07, 6.45) is 3.34. The summed E-state index contributed by atoms with van der Waals surface area (Å²) in [5.41, 5.74) is 0.712. The molecule has 3 atom stereocenters. The Balaban J connectivity index is 1.27. The van der Waals surface area contributed by atoms with Gasteiger partial charge in [-0.05, 0) is 31.4 Å². The van der Waals surface area contributed by atoms with Gasteiger partial charge in [-0.25, -0.2) is 4.79 Å². The number of amides is 2. The Bertz CT molecular complexity index is 670. The van der Waals surface area contributed by atoms with Crippen molar-refractivity contribution in [2.75, 3.05) is 64.6 Å². The van der Waals surface area contributed by atoms with Gasteiger partial charge in [0.25, 0.3) is 0 Å². The molecule has 0 aromatic heterocycles. The first-order chi connectivity index (χ1) is 14.8. The SMILES string of the molecule is O=C(NC[C@H]([C@H]1CCOC1)N1CCOCC1)Nc1cccc(OC[C@@H]2CCCO2)c1. The van der Waals surface area contributed by atoms with Gasteiger partial charge >= 0.3 is 6.03 Å². The van der Waals surface area contributed by atoms with Gasteiger partial charge in [0.15, 0.2) is 0 Å². The minimum absolute atomic E-state index is 0.168. The molecular formula is C22H33N3O5. The molecule has 3 aliphatic heterocycles. The standard InChI is InChI=1S/C22H33N3O5/c26-22(23-14-21(17-6-10-28-15-17)25-7-11-27-12-8-25)24-18-3-1-4-19(13-18)30-16-20-5-2-9-29-20/h1,3-4,13,17,20-21H,2,5-12,14-16H2,(H2,23,24,26)/t17-,20-,21+/m0/s1. The number of carbonyl (C=O) groups excluding carboxylic acids is 1. The molecule has 2 amide bonds. The summed E-state index contributed by atoms with van der Waals surface area (Å²) >= 11 is 0. The van der Waals surface area contributed by atoms with Gasteiger partial charge < -0.3 is 29.6 Å². The Morgan fingerprint density at radius 2 is 2.07 bits per heavy atom. The normalized spacial score (nSPS) is 25.7. The molecule has 8 nitrogen and oxygen atoms in total. The lowest BCUT2D eigenvalue weighted by molar-refractivity contribution is 0.00222. The van der Waals surface area contributed by atoms with Gasteiger partial charge in [0.2, 0.25) is 0 Å². The van der Waals surface area contributed by atoms with Gasteiger partial charge in [-0.2, -0.15) is 0 Å². The van der Waals surface area contributed by atoms with Crippen molar-refractivity contribution < 1.29 is 23.7 Å². The number of nitrogens with zero attached hydrogens (tertiary/aromatic N) is 1. The van der Waals surface area contributed by atoms with Gasteiger partial charge in [0.05, 0.1) is 25.9 Å². The quantitative estimate of drug-likeness (QED) is 0.672. The number of hydrogen-bond acceptors (Lipinski definition) is 6. The fourth-order valence-electron chi connectivity index (χ4n) is 4.36. The molecule has 0 radical (unpaired) electrons. The molecule has 3 saturated heterocycles. The molecule has 0 bridgehead atoms. The van der Waals surface area contributed by atoms with E-state index in [1.165, 1.54) is 0 Å². The monoisotopic (exact) mass is 419 g/mol. The van der Waals surface area contributed by atoms with E-state index < -0.39 is 0 Å². The van der Waals surface area contributed by atoms with Crippen molar-refractivity contribution >= 4 is 11.7 Å². The van der Waals surface area contributed by atoms with Crippen LogP contribution in [0.1, 0.15) is 19.3 Å². The predicted octanol–water partition coefficient (Wildman–Crippen LogP) is 2.10. The molecule has 0 saturated carbocycles. The zero-order valence-electron chi connectivity index (χ0n) is 17.5. The van der Waals surface area contributed by atoms with E-state index in [0.29, 0.717) is 24.8 Å². The first-order valence-corrected chi connectivity index (χ1v) is 11.1. The molecule has 30 heavy (non-hydrogen) atoms. The topological polar surface area (TPSA) is 81.3 Å². The highest BCUT2D eigenvalue weighted by atomic mass is 16.5. The minimum Gasteiger partial charge on any atom is -0.491 e. The lowest BCUT2D eigenvalue weighted by Gasteiger charge is -2.37. The molecule has 3 heterocycles. The van der Waals surface area contributed by atoms with E-state index in [0.717, 1.165) is 71.1 Å². The van der Waals surface area contributed by atoms with Crippen LogP contribution in [0.2, 0.25) is 0 Å². The van der Waals surface area contributed by atoms with Crippen molar-refractivity contribution in [3.05, 3.63) is 24.3 Å². The molecule has 0 aliphatic carbocycles.